The van der Waals surface area contributed by atoms with E-state index in [2.05, 4.69) is 15.3 Å². The lowest BCUT2D eigenvalue weighted by Crippen LogP contribution is -2.11. The van der Waals surface area contributed by atoms with Crippen molar-refractivity contribution in [2.24, 2.45) is 5.14 Å². The predicted octanol–water partition coefficient (Wildman–Crippen LogP) is 1.48. The molecule has 0 atom stereocenters. The molecule has 2 rings (SSSR count). The number of aromatic nitrogens is 2. The molecular formula is C12H14N4O2S. The number of benzene rings is 1. The second kappa shape index (κ2) is 4.94. The van der Waals surface area contributed by atoms with E-state index < -0.39 is 10.0 Å². The zero-order valence-corrected chi connectivity index (χ0v) is 11.4. The Kier molecular flexibility index (Phi) is 3.50. The van der Waals surface area contributed by atoms with Gasteiger partial charge in [-0.3, -0.25) is 0 Å². The summed E-state index contributed by atoms with van der Waals surface area (Å²) in [6, 6.07) is 7.96. The summed E-state index contributed by atoms with van der Waals surface area (Å²) in [5.74, 6) is 0.473. The Hall–Kier alpha value is -1.99. The molecule has 0 spiro atoms. The first-order valence-corrected chi connectivity index (χ1v) is 7.11. The van der Waals surface area contributed by atoms with Gasteiger partial charge in [-0.25, -0.2) is 23.5 Å². The van der Waals surface area contributed by atoms with Crippen LogP contribution in [0.1, 0.15) is 11.4 Å². The maximum atomic E-state index is 11.1. The Labute approximate surface area is 111 Å². The number of hydrogen-bond acceptors (Lipinski definition) is 5. The van der Waals surface area contributed by atoms with Crippen LogP contribution in [0.25, 0.3) is 0 Å². The smallest absolute Gasteiger partial charge is 0.238 e. The number of nitrogens with two attached hydrogens (primary N) is 1. The van der Waals surface area contributed by atoms with Gasteiger partial charge in [-0.2, -0.15) is 0 Å². The summed E-state index contributed by atoms with van der Waals surface area (Å²) >= 11 is 0. The molecule has 0 aliphatic rings. The van der Waals surface area contributed by atoms with Crippen LogP contribution in [0.15, 0.2) is 35.2 Å². The topological polar surface area (TPSA) is 98.0 Å². The zero-order chi connectivity index (χ0) is 14.0. The molecule has 19 heavy (non-hydrogen) atoms. The van der Waals surface area contributed by atoms with E-state index in [4.69, 9.17) is 5.14 Å². The summed E-state index contributed by atoms with van der Waals surface area (Å²) < 4.78 is 22.2. The molecule has 0 radical (unpaired) electrons. The zero-order valence-electron chi connectivity index (χ0n) is 10.6. The molecule has 0 fully saturated rings. The number of nitrogens with one attached hydrogen (secondary N) is 1. The fourth-order valence-electron chi connectivity index (χ4n) is 1.64. The molecule has 100 valence electrons. The number of aryl methyl sites for hydroxylation is 2. The minimum atomic E-state index is -3.66. The van der Waals surface area contributed by atoms with Crippen LogP contribution in [-0.2, 0) is 10.0 Å². The van der Waals surface area contributed by atoms with Gasteiger partial charge < -0.3 is 5.32 Å². The number of nitrogens with zero attached hydrogens (tertiary/aromatic N) is 2. The lowest BCUT2D eigenvalue weighted by atomic mass is 10.3. The summed E-state index contributed by atoms with van der Waals surface area (Å²) in [4.78, 5) is 8.54. The van der Waals surface area contributed by atoms with Gasteiger partial charge in [0, 0.05) is 17.1 Å². The SMILES string of the molecule is Cc1cc(C)nc(Nc2ccc(S(N)(=O)=O)cc2)n1. The van der Waals surface area contributed by atoms with E-state index in [9.17, 15) is 8.42 Å². The van der Waals surface area contributed by atoms with E-state index in [1.165, 1.54) is 12.1 Å². The van der Waals surface area contributed by atoms with Crippen molar-refractivity contribution in [2.75, 3.05) is 5.32 Å². The maximum Gasteiger partial charge on any atom is 0.238 e. The maximum absolute atomic E-state index is 11.1. The van der Waals surface area contributed by atoms with E-state index in [1.807, 2.05) is 19.9 Å². The lowest BCUT2D eigenvalue weighted by Gasteiger charge is -2.07. The fourth-order valence-corrected chi connectivity index (χ4v) is 2.15. The Balaban J connectivity index is 2.24. The van der Waals surface area contributed by atoms with Gasteiger partial charge in [0.25, 0.3) is 0 Å². The Morgan fingerprint density at radius 1 is 1.05 bits per heavy atom. The van der Waals surface area contributed by atoms with Gasteiger partial charge in [0.2, 0.25) is 16.0 Å². The highest BCUT2D eigenvalue weighted by atomic mass is 32.2. The van der Waals surface area contributed by atoms with Crippen molar-refractivity contribution < 1.29 is 8.42 Å². The molecule has 1 aromatic carbocycles. The average molecular weight is 278 g/mol. The Morgan fingerprint density at radius 3 is 2.05 bits per heavy atom. The molecule has 0 bridgehead atoms. The van der Waals surface area contributed by atoms with E-state index in [-0.39, 0.29) is 4.90 Å². The normalized spacial score (nSPS) is 11.3. The first-order valence-electron chi connectivity index (χ1n) is 5.57. The highest BCUT2D eigenvalue weighted by Crippen LogP contribution is 2.16. The average Bonchev–Trinajstić information content (AvgIpc) is 2.26. The summed E-state index contributed by atoms with van der Waals surface area (Å²) in [6.07, 6.45) is 0. The number of sulfonamides is 1. The van der Waals surface area contributed by atoms with Crippen molar-refractivity contribution in [1.29, 1.82) is 0 Å². The van der Waals surface area contributed by atoms with Crippen LogP contribution >= 0.6 is 0 Å². The molecule has 6 nitrogen and oxygen atoms in total. The standard InChI is InChI=1S/C12H14N4O2S/c1-8-7-9(2)15-12(14-8)16-10-3-5-11(6-4-10)19(13,17)18/h3-7H,1-2H3,(H2,13,17,18)(H,14,15,16). The van der Waals surface area contributed by atoms with Crippen LogP contribution in [0.2, 0.25) is 0 Å². The molecule has 0 aliphatic carbocycles. The third kappa shape index (κ3) is 3.49. The highest BCUT2D eigenvalue weighted by molar-refractivity contribution is 7.89. The fraction of sp³-hybridized carbons (Fsp3) is 0.167. The lowest BCUT2D eigenvalue weighted by molar-refractivity contribution is 0.598. The minimum Gasteiger partial charge on any atom is -0.324 e. The molecular weight excluding hydrogens is 264 g/mol. The van der Waals surface area contributed by atoms with Crippen molar-refractivity contribution in [3.8, 4) is 0 Å². The van der Waals surface area contributed by atoms with Crippen molar-refractivity contribution >= 4 is 21.7 Å². The minimum absolute atomic E-state index is 0.0689. The van der Waals surface area contributed by atoms with E-state index in [0.717, 1.165) is 11.4 Å². The van der Waals surface area contributed by atoms with Gasteiger partial charge in [-0.05, 0) is 44.2 Å². The molecule has 1 heterocycles. The van der Waals surface area contributed by atoms with Crippen molar-refractivity contribution in [2.45, 2.75) is 18.7 Å². The van der Waals surface area contributed by atoms with Crippen LogP contribution in [-0.4, -0.2) is 18.4 Å². The van der Waals surface area contributed by atoms with Crippen molar-refractivity contribution in [1.82, 2.24) is 9.97 Å². The first kappa shape index (κ1) is 13.4. The molecule has 0 amide bonds. The molecule has 1 aromatic heterocycles. The van der Waals surface area contributed by atoms with Gasteiger partial charge >= 0.3 is 0 Å². The van der Waals surface area contributed by atoms with E-state index in [0.29, 0.717) is 11.6 Å². The van der Waals surface area contributed by atoms with Gasteiger partial charge in [-0.15, -0.1) is 0 Å². The quantitative estimate of drug-likeness (QED) is 0.886. The van der Waals surface area contributed by atoms with Crippen LogP contribution in [0.5, 0.6) is 0 Å². The molecule has 0 saturated heterocycles. The van der Waals surface area contributed by atoms with Gasteiger partial charge in [-0.1, -0.05) is 0 Å². The van der Waals surface area contributed by atoms with Crippen molar-refractivity contribution in [3.63, 3.8) is 0 Å². The monoisotopic (exact) mass is 278 g/mol. The largest absolute Gasteiger partial charge is 0.324 e. The number of primary sulfonamides is 1. The highest BCUT2D eigenvalue weighted by Gasteiger charge is 2.07. The molecule has 2 aromatic rings. The number of hydrogen-bond donors (Lipinski definition) is 2. The summed E-state index contributed by atoms with van der Waals surface area (Å²) in [7, 11) is -3.66. The second-order valence-corrected chi connectivity index (χ2v) is 5.73. The van der Waals surface area contributed by atoms with Gasteiger partial charge in [0.05, 0.1) is 4.90 Å². The van der Waals surface area contributed by atoms with Crippen molar-refractivity contribution in [3.05, 3.63) is 41.7 Å². The summed E-state index contributed by atoms with van der Waals surface area (Å²) in [5.41, 5.74) is 2.41. The number of anilines is 2. The summed E-state index contributed by atoms with van der Waals surface area (Å²) in [6.45, 7) is 3.76. The van der Waals surface area contributed by atoms with Crippen LogP contribution < -0.4 is 10.5 Å². The van der Waals surface area contributed by atoms with E-state index >= 15 is 0 Å². The first-order chi connectivity index (χ1) is 8.84. The van der Waals surface area contributed by atoms with Crippen LogP contribution in [0.4, 0.5) is 11.6 Å². The molecule has 0 aliphatic heterocycles. The van der Waals surface area contributed by atoms with Crippen LogP contribution in [0, 0.1) is 13.8 Å². The van der Waals surface area contributed by atoms with Gasteiger partial charge in [0.15, 0.2) is 0 Å². The number of rotatable bonds is 3. The Bertz CT molecular complexity index is 676. The predicted molar refractivity (Wildman–Crippen MR) is 72.6 cm³/mol. The van der Waals surface area contributed by atoms with E-state index in [1.54, 1.807) is 12.1 Å². The van der Waals surface area contributed by atoms with Crippen LogP contribution in [0.3, 0.4) is 0 Å². The third-order valence-electron chi connectivity index (χ3n) is 2.42. The molecule has 3 N–H and O–H groups in total. The Morgan fingerprint density at radius 2 is 1.58 bits per heavy atom. The third-order valence-corrected chi connectivity index (χ3v) is 3.35. The molecule has 0 saturated carbocycles. The molecule has 7 heteroatoms. The van der Waals surface area contributed by atoms with Gasteiger partial charge in [0.1, 0.15) is 0 Å². The second-order valence-electron chi connectivity index (χ2n) is 4.17. The molecule has 0 unspecified atom stereocenters. The summed E-state index contributed by atoms with van der Waals surface area (Å²) in [5, 5.41) is 8.03.